The van der Waals surface area contributed by atoms with Gasteiger partial charge in [0, 0.05) is 35.8 Å². The quantitative estimate of drug-likeness (QED) is 0.271. The van der Waals surface area contributed by atoms with Gasteiger partial charge in [-0.1, -0.05) is 36.9 Å². The van der Waals surface area contributed by atoms with E-state index in [4.69, 9.17) is 22.0 Å². The van der Waals surface area contributed by atoms with Gasteiger partial charge in [-0.25, -0.2) is 6.57 Å². The van der Waals surface area contributed by atoms with Crippen molar-refractivity contribution in [3.8, 4) is 6.01 Å². The first-order valence-corrected chi connectivity index (χ1v) is 14.7. The topological polar surface area (TPSA) is 92.2 Å². The van der Waals surface area contributed by atoms with Gasteiger partial charge in [-0.2, -0.15) is 37.0 Å². The van der Waals surface area contributed by atoms with Crippen molar-refractivity contribution >= 4 is 55.2 Å². The Morgan fingerprint density at radius 2 is 1.98 bits per heavy atom. The molecule has 0 bridgehead atoms. The molecule has 0 spiro atoms. The molecule has 238 valence electrons. The van der Waals surface area contributed by atoms with Gasteiger partial charge in [-0.05, 0) is 76.7 Å². The van der Waals surface area contributed by atoms with Gasteiger partial charge in [0.1, 0.15) is 18.5 Å². The Morgan fingerprint density at radius 1 is 1.25 bits per heavy atom. The summed E-state index contributed by atoms with van der Waals surface area (Å²) >= 11 is 0. The molecule has 1 saturated heterocycles. The number of aryl methyl sites for hydroxylation is 1. The number of ether oxygens (including phenoxy) is 1. The number of rotatable bonds is 8. The van der Waals surface area contributed by atoms with Crippen LogP contribution in [0.2, 0.25) is 0 Å². The summed E-state index contributed by atoms with van der Waals surface area (Å²) in [7, 11) is 2.15. The summed E-state index contributed by atoms with van der Waals surface area (Å²) in [4.78, 5) is 30.0. The molecular weight excluding hydrogens is 591 g/mol. The molecule has 2 aromatic carbocycles. The third-order valence-electron chi connectivity index (χ3n) is 8.27. The van der Waals surface area contributed by atoms with Gasteiger partial charge in [0.15, 0.2) is 0 Å². The lowest BCUT2D eigenvalue weighted by atomic mass is 10.00. The summed E-state index contributed by atoms with van der Waals surface area (Å²) < 4.78 is 5.98. The van der Waals surface area contributed by atoms with Crippen LogP contribution < -0.4 is 15.4 Å². The molecule has 44 heavy (non-hydrogen) atoms. The minimum Gasteiger partial charge on any atom is -0.462 e. The number of nitrogens with zero attached hydrogens (tertiary/aromatic N) is 6. The number of amides is 1. The van der Waals surface area contributed by atoms with E-state index in [1.165, 1.54) is 34.5 Å². The lowest BCUT2D eigenvalue weighted by Crippen LogP contribution is -2.38. The molecule has 3 heterocycles. The van der Waals surface area contributed by atoms with Gasteiger partial charge in [0.05, 0.1) is 12.2 Å². The molecule has 2 atom stereocenters. The second kappa shape index (κ2) is 17.1. The number of carbonyl (C=O) groups is 1. The zero-order valence-corrected chi connectivity index (χ0v) is 28.3. The van der Waals surface area contributed by atoms with Gasteiger partial charge in [-0.15, -0.1) is 0 Å². The number of fused-ring (bicyclic) bond motifs is 2. The first-order chi connectivity index (χ1) is 20.3. The van der Waals surface area contributed by atoms with Crippen LogP contribution in [0.1, 0.15) is 43.5 Å². The molecule has 11 heteroatoms. The summed E-state index contributed by atoms with van der Waals surface area (Å²) in [5.41, 5.74) is 10.9. The zero-order valence-electron chi connectivity index (χ0n) is 26.3. The summed E-state index contributed by atoms with van der Waals surface area (Å²) in [6.07, 6.45) is 4.50. The van der Waals surface area contributed by atoms with E-state index in [0.29, 0.717) is 37.6 Å². The molecule has 2 N–H and O–H groups in total. The van der Waals surface area contributed by atoms with Crippen molar-refractivity contribution in [2.24, 2.45) is 0 Å². The molecule has 0 unspecified atom stereocenters. The van der Waals surface area contributed by atoms with Crippen LogP contribution >= 0.6 is 27.0 Å². The first-order valence-electron chi connectivity index (χ1n) is 14.7. The standard InChI is InChI=1S/C24H29N5O.C9H14N2O.2H2S/c1-16-6-3-7-17-8-4-10-21(22(16)17)29-13-11-19-20(14-29)26-24(27-23(19)25)30-15-18-9-5-12-28(18)2;1-5-9(12)11(6-2)8(3)7-10-4;;/h3-4,6-8,10,18H,5,9,11-15H2,1-2H3,(H2,25,26,27);5,8H,1,6-7H2,2-3H3;2*1H2/t18-;8-;;/m01../s1. The lowest BCUT2D eigenvalue weighted by Gasteiger charge is -2.31. The second-order valence-electron chi connectivity index (χ2n) is 11.0. The number of likely N-dealkylation sites (tertiary alicyclic amines) is 1. The van der Waals surface area contributed by atoms with Crippen LogP contribution in [-0.4, -0.2) is 77.6 Å². The van der Waals surface area contributed by atoms with Gasteiger partial charge < -0.3 is 30.0 Å². The normalized spacial score (nSPS) is 16.2. The maximum Gasteiger partial charge on any atom is 0.318 e. The molecule has 2 aliphatic rings. The van der Waals surface area contributed by atoms with Gasteiger partial charge in [0.2, 0.25) is 12.5 Å². The molecule has 1 aromatic heterocycles. The number of nitrogens with two attached hydrogens (primary N) is 1. The maximum atomic E-state index is 11.2. The van der Waals surface area contributed by atoms with Crippen molar-refractivity contribution in [2.45, 2.75) is 58.7 Å². The number of likely N-dealkylation sites (N-methyl/N-ethyl adjacent to an activating group) is 2. The van der Waals surface area contributed by atoms with Crippen LogP contribution in [0.4, 0.5) is 11.5 Å². The van der Waals surface area contributed by atoms with E-state index in [-0.39, 0.29) is 38.9 Å². The third-order valence-corrected chi connectivity index (χ3v) is 8.27. The van der Waals surface area contributed by atoms with Crippen molar-refractivity contribution in [2.75, 3.05) is 50.5 Å². The number of anilines is 2. The third kappa shape index (κ3) is 8.58. The summed E-state index contributed by atoms with van der Waals surface area (Å²) in [5.74, 6) is 0.456. The molecule has 0 radical (unpaired) electrons. The van der Waals surface area contributed by atoms with Crippen LogP contribution in [0.5, 0.6) is 6.01 Å². The molecule has 5 rings (SSSR count). The smallest absolute Gasteiger partial charge is 0.318 e. The number of benzene rings is 2. The highest BCUT2D eigenvalue weighted by Gasteiger charge is 2.25. The Morgan fingerprint density at radius 3 is 2.61 bits per heavy atom. The van der Waals surface area contributed by atoms with E-state index < -0.39 is 0 Å². The zero-order chi connectivity index (χ0) is 30.2. The molecule has 2 aliphatic heterocycles. The number of hydrogen-bond acceptors (Lipinski definition) is 7. The number of carbonyl (C=O) groups excluding carboxylic acids is 1. The van der Waals surface area contributed by atoms with Crippen LogP contribution in [-0.2, 0) is 17.8 Å². The van der Waals surface area contributed by atoms with Crippen molar-refractivity contribution in [3.05, 3.63) is 77.3 Å². The van der Waals surface area contributed by atoms with Crippen molar-refractivity contribution in [3.63, 3.8) is 0 Å². The van der Waals surface area contributed by atoms with Crippen molar-refractivity contribution in [1.82, 2.24) is 19.8 Å². The highest BCUT2D eigenvalue weighted by atomic mass is 32.1. The average molecular weight is 638 g/mol. The molecule has 9 nitrogen and oxygen atoms in total. The van der Waals surface area contributed by atoms with Gasteiger partial charge in [-0.3, -0.25) is 4.79 Å². The van der Waals surface area contributed by atoms with Crippen LogP contribution in [0.25, 0.3) is 15.6 Å². The summed E-state index contributed by atoms with van der Waals surface area (Å²) in [6, 6.07) is 13.8. The monoisotopic (exact) mass is 637 g/mol. The molecule has 0 saturated carbocycles. The fourth-order valence-electron chi connectivity index (χ4n) is 5.87. The van der Waals surface area contributed by atoms with Crippen LogP contribution in [0.15, 0.2) is 49.1 Å². The molecule has 1 fully saturated rings. The van der Waals surface area contributed by atoms with E-state index in [1.807, 2.05) is 13.8 Å². The molecule has 0 aliphatic carbocycles. The summed E-state index contributed by atoms with van der Waals surface area (Å²) in [6.45, 7) is 20.3. The Kier molecular flexibility index (Phi) is 14.3. The SMILES string of the molecule is Cc1cccc2cccc(N3CCc4c(N)nc(OC[C@@H]5CCCN5C)nc4C3)c12.S.S.[C-]#[N+]C[C@@H](C)N(CC)C(=O)C=C. The number of hydrogen-bond donors (Lipinski definition) is 1. The molecule has 1 amide bonds. The van der Waals surface area contributed by atoms with E-state index in [9.17, 15) is 4.79 Å². The largest absolute Gasteiger partial charge is 0.462 e. The van der Waals surface area contributed by atoms with Crippen LogP contribution in [0.3, 0.4) is 0 Å². The Balaban J connectivity index is 0.000000416. The average Bonchev–Trinajstić information content (AvgIpc) is 3.40. The Labute approximate surface area is 276 Å². The fourth-order valence-corrected chi connectivity index (χ4v) is 5.87. The Bertz CT molecular complexity index is 1460. The fraction of sp³-hybridized carbons (Fsp3) is 0.455. The van der Waals surface area contributed by atoms with Crippen molar-refractivity contribution < 1.29 is 9.53 Å². The van der Waals surface area contributed by atoms with E-state index in [2.05, 4.69) is 76.6 Å². The number of nitrogen functional groups attached to an aromatic ring is 1. The molecule has 3 aromatic rings. The second-order valence-corrected chi connectivity index (χ2v) is 11.0. The van der Waals surface area contributed by atoms with Gasteiger partial charge in [0.25, 0.3) is 0 Å². The predicted molar refractivity (Wildman–Crippen MR) is 190 cm³/mol. The van der Waals surface area contributed by atoms with Crippen molar-refractivity contribution in [1.29, 1.82) is 0 Å². The van der Waals surface area contributed by atoms with E-state index >= 15 is 0 Å². The minimum atomic E-state index is -0.103. The Hall–Kier alpha value is -3.46. The molecular formula is C33H47N7O2S2. The van der Waals surface area contributed by atoms with Crippen LogP contribution in [0, 0.1) is 13.5 Å². The highest BCUT2D eigenvalue weighted by molar-refractivity contribution is 7.59. The summed E-state index contributed by atoms with van der Waals surface area (Å²) in [5, 5.41) is 2.58. The van der Waals surface area contributed by atoms with E-state index in [0.717, 1.165) is 43.7 Å². The highest BCUT2D eigenvalue weighted by Crippen LogP contribution is 2.34. The predicted octanol–water partition coefficient (Wildman–Crippen LogP) is 5.11. The maximum absolute atomic E-state index is 11.2. The number of aromatic nitrogens is 2. The van der Waals surface area contributed by atoms with E-state index in [1.54, 1.807) is 4.90 Å². The lowest BCUT2D eigenvalue weighted by molar-refractivity contribution is -0.127. The van der Waals surface area contributed by atoms with Gasteiger partial charge >= 0.3 is 6.01 Å². The first kappa shape index (κ1) is 36.7. The minimum absolute atomic E-state index is 0.